The molecule has 8 nitrogen and oxygen atoms in total. The van der Waals surface area contributed by atoms with E-state index in [2.05, 4.69) is 20.9 Å². The Balaban J connectivity index is 1.94. The number of carbonyl (C=O) groups is 1. The number of methoxy groups -OCH3 is 1. The summed E-state index contributed by atoms with van der Waals surface area (Å²) >= 11 is 4.53. The molecule has 10 heteroatoms. The van der Waals surface area contributed by atoms with Gasteiger partial charge < -0.3 is 19.3 Å². The quantitative estimate of drug-likeness (QED) is 0.419. The highest BCUT2D eigenvalue weighted by molar-refractivity contribution is 9.10. The molecule has 0 amide bonds. The van der Waals surface area contributed by atoms with Crippen molar-refractivity contribution in [3.63, 3.8) is 0 Å². The molecule has 0 bridgehead atoms. The van der Waals surface area contributed by atoms with Gasteiger partial charge in [-0.2, -0.15) is 0 Å². The van der Waals surface area contributed by atoms with E-state index in [1.54, 1.807) is 57.4 Å². The second-order valence-electron chi connectivity index (χ2n) is 8.59. The van der Waals surface area contributed by atoms with Crippen LogP contribution in [0, 0.1) is 0 Å². The summed E-state index contributed by atoms with van der Waals surface area (Å²) in [5.41, 5.74) is 1.85. The average Bonchev–Trinajstić information content (AvgIpc) is 3.15. The summed E-state index contributed by atoms with van der Waals surface area (Å²) < 4.78 is 19.3. The Labute approximate surface area is 226 Å². The Morgan fingerprint density at radius 3 is 2.65 bits per heavy atom. The van der Waals surface area contributed by atoms with Gasteiger partial charge in [0.15, 0.2) is 16.3 Å². The van der Waals surface area contributed by atoms with Gasteiger partial charge in [-0.1, -0.05) is 23.5 Å². The normalized spacial score (nSPS) is 15.4. The topological polar surface area (TPSA) is 99.4 Å². The second-order valence-corrected chi connectivity index (χ2v) is 10.5. The molecule has 0 radical (unpaired) electrons. The second kappa shape index (κ2) is 10.9. The van der Waals surface area contributed by atoms with Crippen molar-refractivity contribution in [2.24, 2.45) is 4.99 Å². The molecule has 1 aliphatic heterocycles. The van der Waals surface area contributed by atoms with E-state index in [1.807, 2.05) is 19.9 Å². The van der Waals surface area contributed by atoms with Crippen LogP contribution in [0.5, 0.6) is 17.2 Å². The van der Waals surface area contributed by atoms with E-state index in [0.717, 1.165) is 5.56 Å². The number of rotatable bonds is 7. The van der Waals surface area contributed by atoms with Crippen LogP contribution in [-0.4, -0.2) is 35.5 Å². The third-order valence-electron chi connectivity index (χ3n) is 5.65. The number of phenols is 1. The number of benzene rings is 2. The zero-order valence-electron chi connectivity index (χ0n) is 21.1. The first-order chi connectivity index (χ1) is 17.6. The van der Waals surface area contributed by atoms with Gasteiger partial charge in [0.25, 0.3) is 5.56 Å². The van der Waals surface area contributed by atoms with Gasteiger partial charge >= 0.3 is 5.97 Å². The fourth-order valence-corrected chi connectivity index (χ4v) is 5.52. The molecule has 3 aromatic rings. The summed E-state index contributed by atoms with van der Waals surface area (Å²) in [4.78, 5) is 31.9. The maximum atomic E-state index is 13.7. The van der Waals surface area contributed by atoms with Crippen LogP contribution >= 0.6 is 27.3 Å². The highest BCUT2D eigenvalue weighted by atomic mass is 79.9. The maximum Gasteiger partial charge on any atom is 0.338 e. The highest BCUT2D eigenvalue weighted by Gasteiger charge is 2.34. The minimum absolute atomic E-state index is 0.0606. The van der Waals surface area contributed by atoms with Crippen molar-refractivity contribution in [3.05, 3.63) is 83.0 Å². The summed E-state index contributed by atoms with van der Waals surface area (Å²) in [6.07, 6.45) is 1.67. The van der Waals surface area contributed by atoms with Crippen molar-refractivity contribution < 1.29 is 24.1 Å². The smallest absolute Gasteiger partial charge is 0.338 e. The fourth-order valence-electron chi connectivity index (χ4n) is 4.08. The van der Waals surface area contributed by atoms with Crippen LogP contribution in [0.25, 0.3) is 6.08 Å². The molecule has 2 heterocycles. The number of thiazole rings is 1. The summed E-state index contributed by atoms with van der Waals surface area (Å²) in [6.45, 7) is 7.49. The van der Waals surface area contributed by atoms with E-state index in [4.69, 9.17) is 14.2 Å². The molecule has 194 valence electrons. The lowest BCUT2D eigenvalue weighted by Crippen LogP contribution is -2.40. The van der Waals surface area contributed by atoms with Crippen LogP contribution in [0.4, 0.5) is 0 Å². The lowest BCUT2D eigenvalue weighted by Gasteiger charge is -2.25. The molecule has 1 atom stereocenters. The molecule has 0 fully saturated rings. The Morgan fingerprint density at radius 2 is 2.00 bits per heavy atom. The van der Waals surface area contributed by atoms with Gasteiger partial charge in [-0.25, -0.2) is 9.79 Å². The Morgan fingerprint density at radius 1 is 1.24 bits per heavy atom. The number of hydrogen-bond acceptors (Lipinski definition) is 8. The van der Waals surface area contributed by atoms with Crippen LogP contribution < -0.4 is 24.4 Å². The average molecular weight is 587 g/mol. The van der Waals surface area contributed by atoms with Crippen LogP contribution in [0.1, 0.15) is 44.9 Å². The predicted molar refractivity (Wildman–Crippen MR) is 145 cm³/mol. The molecule has 0 unspecified atom stereocenters. The number of nitrogens with zero attached hydrogens (tertiary/aromatic N) is 2. The monoisotopic (exact) mass is 586 g/mol. The SMILES string of the molecule is CCOC(=O)C1=C(C)N=c2s/c(=C\c3ccc(O)c(Br)c3)c(=O)n2[C@@H]1c1ccc(OC(C)C)c(OC)c1. The van der Waals surface area contributed by atoms with Crippen LogP contribution in [-0.2, 0) is 9.53 Å². The molecule has 0 aliphatic carbocycles. The molecule has 1 N–H and O–H groups in total. The van der Waals surface area contributed by atoms with Crippen LogP contribution in [0.15, 0.2) is 61.9 Å². The number of fused-ring (bicyclic) bond motifs is 1. The zero-order chi connectivity index (χ0) is 26.9. The van der Waals surface area contributed by atoms with E-state index >= 15 is 0 Å². The molecule has 0 spiro atoms. The van der Waals surface area contributed by atoms with E-state index in [-0.39, 0.29) is 29.6 Å². The van der Waals surface area contributed by atoms with Crippen molar-refractivity contribution in [3.8, 4) is 17.2 Å². The van der Waals surface area contributed by atoms with Gasteiger partial charge in [-0.3, -0.25) is 9.36 Å². The first-order valence-corrected chi connectivity index (χ1v) is 13.3. The molecule has 1 aromatic heterocycles. The summed E-state index contributed by atoms with van der Waals surface area (Å²) in [5.74, 6) is 0.615. The summed E-state index contributed by atoms with van der Waals surface area (Å²) in [6, 6.07) is 9.57. The number of ether oxygens (including phenoxy) is 3. The highest BCUT2D eigenvalue weighted by Crippen LogP contribution is 2.36. The molecule has 2 aromatic carbocycles. The van der Waals surface area contributed by atoms with Crippen molar-refractivity contribution in [1.29, 1.82) is 0 Å². The number of hydrogen-bond donors (Lipinski definition) is 1. The van der Waals surface area contributed by atoms with E-state index in [1.165, 1.54) is 15.9 Å². The first-order valence-electron chi connectivity index (χ1n) is 11.7. The van der Waals surface area contributed by atoms with Gasteiger partial charge in [0, 0.05) is 0 Å². The molecule has 0 saturated carbocycles. The number of halogens is 1. The van der Waals surface area contributed by atoms with Gasteiger partial charge in [-0.05, 0) is 85.1 Å². The van der Waals surface area contributed by atoms with Crippen LogP contribution in [0.3, 0.4) is 0 Å². The lowest BCUT2D eigenvalue weighted by atomic mass is 9.95. The van der Waals surface area contributed by atoms with Crippen molar-refractivity contribution in [1.82, 2.24) is 4.57 Å². The number of esters is 1. The molecule has 0 saturated heterocycles. The fraction of sp³-hybridized carbons (Fsp3) is 0.296. The van der Waals surface area contributed by atoms with Crippen molar-refractivity contribution in [2.75, 3.05) is 13.7 Å². The van der Waals surface area contributed by atoms with E-state index < -0.39 is 12.0 Å². The van der Waals surface area contributed by atoms with Gasteiger partial charge in [-0.15, -0.1) is 0 Å². The molecule has 4 rings (SSSR count). The summed E-state index contributed by atoms with van der Waals surface area (Å²) in [7, 11) is 1.54. The minimum Gasteiger partial charge on any atom is -0.507 e. The number of phenolic OH excluding ortho intramolecular Hbond substituents is 1. The molecule has 1 aliphatic rings. The predicted octanol–water partition coefficient (Wildman–Crippen LogP) is 4.06. The number of carbonyl (C=O) groups excluding carboxylic acids is 1. The lowest BCUT2D eigenvalue weighted by molar-refractivity contribution is -0.139. The van der Waals surface area contributed by atoms with Gasteiger partial charge in [0.1, 0.15) is 5.75 Å². The Hall–Kier alpha value is -3.37. The van der Waals surface area contributed by atoms with Crippen molar-refractivity contribution >= 4 is 39.3 Å². The number of allylic oxidation sites excluding steroid dienone is 1. The largest absolute Gasteiger partial charge is 0.507 e. The number of aromatic hydroxyl groups is 1. The molecular formula is C27H27BrN2O6S. The van der Waals surface area contributed by atoms with E-state index in [9.17, 15) is 14.7 Å². The number of aromatic nitrogens is 1. The third kappa shape index (κ3) is 5.35. The van der Waals surface area contributed by atoms with Gasteiger partial charge in [0.05, 0.1) is 46.1 Å². The third-order valence-corrected chi connectivity index (χ3v) is 7.27. The molecule has 37 heavy (non-hydrogen) atoms. The minimum atomic E-state index is -0.772. The van der Waals surface area contributed by atoms with Gasteiger partial charge in [0.2, 0.25) is 0 Å². The Kier molecular flexibility index (Phi) is 7.89. The first kappa shape index (κ1) is 26.7. The Bertz CT molecular complexity index is 1570. The standard InChI is InChI=1S/C27H27BrN2O6S/c1-6-35-26(33)23-15(4)29-27-30(24(23)17-8-10-20(36-14(2)3)21(13-17)34-5)25(32)22(37-27)12-16-7-9-19(31)18(28)11-16/h7-14,24,31H,6H2,1-5H3/b22-12-/t24-/m1/s1. The summed E-state index contributed by atoms with van der Waals surface area (Å²) in [5, 5.41) is 9.81. The van der Waals surface area contributed by atoms with Crippen LogP contribution in [0.2, 0.25) is 0 Å². The molecular weight excluding hydrogens is 560 g/mol. The maximum absolute atomic E-state index is 13.7. The van der Waals surface area contributed by atoms with E-state index in [0.29, 0.717) is 36.6 Å². The zero-order valence-corrected chi connectivity index (χ0v) is 23.5. The van der Waals surface area contributed by atoms with Crippen molar-refractivity contribution in [2.45, 2.75) is 39.8 Å².